The lowest BCUT2D eigenvalue weighted by Gasteiger charge is -2.33. The highest BCUT2D eigenvalue weighted by Crippen LogP contribution is 2.37. The number of nitrogens with zero attached hydrogens (tertiary/aromatic N) is 2. The van der Waals surface area contributed by atoms with Gasteiger partial charge in [0.2, 0.25) is 11.8 Å². The monoisotopic (exact) mass is 499 g/mol. The molecule has 0 aliphatic carbocycles. The number of anilines is 1. The van der Waals surface area contributed by atoms with Gasteiger partial charge < -0.3 is 15.1 Å². The van der Waals surface area contributed by atoms with E-state index in [0.717, 1.165) is 27.6 Å². The molecule has 0 radical (unpaired) electrons. The summed E-state index contributed by atoms with van der Waals surface area (Å²) in [6.07, 6.45) is 1.28. The molecule has 3 amide bonds. The van der Waals surface area contributed by atoms with E-state index in [1.165, 1.54) is 0 Å². The van der Waals surface area contributed by atoms with E-state index in [9.17, 15) is 14.4 Å². The van der Waals surface area contributed by atoms with Gasteiger partial charge in [-0.3, -0.25) is 14.4 Å². The second kappa shape index (κ2) is 10.8. The SMILES string of the molecule is CCC(C(=O)NC(C)(C)C)N(Cc1cccc(C)c1)C(=O)CCCN1C(=O)c2cccc3cccc1c23. The molecule has 1 heterocycles. The summed E-state index contributed by atoms with van der Waals surface area (Å²) < 4.78 is 0. The first kappa shape index (κ1) is 26.4. The van der Waals surface area contributed by atoms with Crippen molar-refractivity contribution in [2.24, 2.45) is 0 Å². The maximum absolute atomic E-state index is 13.6. The molecule has 1 N–H and O–H groups in total. The van der Waals surface area contributed by atoms with Gasteiger partial charge in [0.15, 0.2) is 0 Å². The Morgan fingerprint density at radius 1 is 1.03 bits per heavy atom. The first-order valence-corrected chi connectivity index (χ1v) is 13.1. The van der Waals surface area contributed by atoms with Crippen LogP contribution in [-0.4, -0.2) is 40.7 Å². The van der Waals surface area contributed by atoms with Crippen LogP contribution in [-0.2, 0) is 16.1 Å². The Morgan fingerprint density at radius 2 is 1.73 bits per heavy atom. The van der Waals surface area contributed by atoms with Crippen molar-refractivity contribution in [1.29, 1.82) is 0 Å². The van der Waals surface area contributed by atoms with Gasteiger partial charge >= 0.3 is 0 Å². The predicted molar refractivity (Wildman–Crippen MR) is 149 cm³/mol. The fourth-order valence-corrected chi connectivity index (χ4v) is 5.11. The van der Waals surface area contributed by atoms with E-state index in [-0.39, 0.29) is 24.1 Å². The molecule has 1 atom stereocenters. The van der Waals surface area contributed by atoms with Gasteiger partial charge in [0, 0.05) is 36.0 Å². The summed E-state index contributed by atoms with van der Waals surface area (Å²) in [5.74, 6) is -0.250. The highest BCUT2D eigenvalue weighted by molar-refractivity contribution is 6.25. The summed E-state index contributed by atoms with van der Waals surface area (Å²) in [7, 11) is 0. The Labute approximate surface area is 219 Å². The molecule has 0 saturated carbocycles. The maximum atomic E-state index is 13.6. The van der Waals surface area contributed by atoms with Crippen molar-refractivity contribution in [3.63, 3.8) is 0 Å². The number of amides is 3. The molecule has 6 heteroatoms. The molecule has 0 spiro atoms. The van der Waals surface area contributed by atoms with Gasteiger partial charge in [0.05, 0.1) is 5.69 Å². The van der Waals surface area contributed by atoms with Crippen LogP contribution in [0.25, 0.3) is 10.8 Å². The first-order valence-electron chi connectivity index (χ1n) is 13.1. The standard InChI is InChI=1S/C31H37N3O3/c1-6-25(29(36)32-31(3,4)5)34(20-22-12-7-11-21(2)19-22)27(35)17-10-18-33-26-16-9-14-23-13-8-15-24(28(23)26)30(33)37/h7-9,11-16,19,25H,6,10,17-18,20H2,1-5H3,(H,32,36). The van der Waals surface area contributed by atoms with Crippen molar-refractivity contribution in [1.82, 2.24) is 10.2 Å². The first-order chi connectivity index (χ1) is 17.6. The van der Waals surface area contributed by atoms with Crippen molar-refractivity contribution < 1.29 is 14.4 Å². The average Bonchev–Trinajstić information content (AvgIpc) is 3.11. The number of rotatable bonds is 9. The number of hydrogen-bond donors (Lipinski definition) is 1. The fourth-order valence-electron chi connectivity index (χ4n) is 5.11. The summed E-state index contributed by atoms with van der Waals surface area (Å²) in [6, 6.07) is 19.2. The van der Waals surface area contributed by atoms with Crippen LogP contribution >= 0.6 is 0 Å². The third-order valence-corrected chi connectivity index (χ3v) is 6.74. The molecule has 6 nitrogen and oxygen atoms in total. The molecule has 0 bridgehead atoms. The zero-order valence-corrected chi connectivity index (χ0v) is 22.5. The molecule has 0 fully saturated rings. The van der Waals surface area contributed by atoms with E-state index >= 15 is 0 Å². The quantitative estimate of drug-likeness (QED) is 0.416. The summed E-state index contributed by atoms with van der Waals surface area (Å²) in [5, 5.41) is 5.07. The highest BCUT2D eigenvalue weighted by atomic mass is 16.2. The second-order valence-corrected chi connectivity index (χ2v) is 10.9. The van der Waals surface area contributed by atoms with Gasteiger partial charge in [-0.1, -0.05) is 61.0 Å². The smallest absolute Gasteiger partial charge is 0.258 e. The van der Waals surface area contributed by atoms with Crippen molar-refractivity contribution in [2.45, 2.75) is 72.0 Å². The third-order valence-electron chi connectivity index (χ3n) is 6.74. The average molecular weight is 500 g/mol. The van der Waals surface area contributed by atoms with E-state index in [0.29, 0.717) is 31.5 Å². The van der Waals surface area contributed by atoms with Gasteiger partial charge in [0.25, 0.3) is 5.91 Å². The van der Waals surface area contributed by atoms with E-state index < -0.39 is 11.6 Å². The molecule has 1 unspecified atom stereocenters. The minimum atomic E-state index is -0.571. The van der Waals surface area contributed by atoms with Gasteiger partial charge in [-0.15, -0.1) is 0 Å². The minimum absolute atomic E-state index is 0.0214. The molecule has 0 aromatic heterocycles. The molecule has 37 heavy (non-hydrogen) atoms. The fraction of sp³-hybridized carbons (Fsp3) is 0.387. The Balaban J connectivity index is 1.50. The number of hydrogen-bond acceptors (Lipinski definition) is 3. The van der Waals surface area contributed by atoms with Crippen LogP contribution in [0, 0.1) is 6.92 Å². The van der Waals surface area contributed by atoms with Crippen LogP contribution in [0.2, 0.25) is 0 Å². The summed E-state index contributed by atoms with van der Waals surface area (Å²) in [4.78, 5) is 43.4. The Bertz CT molecular complexity index is 1320. The third kappa shape index (κ3) is 5.85. The molecule has 3 aromatic carbocycles. The molecule has 1 aliphatic heterocycles. The topological polar surface area (TPSA) is 69.7 Å². The zero-order valence-electron chi connectivity index (χ0n) is 22.5. The Morgan fingerprint density at radius 3 is 2.41 bits per heavy atom. The van der Waals surface area contributed by atoms with E-state index in [4.69, 9.17) is 0 Å². The number of carbonyl (C=O) groups excluding carboxylic acids is 3. The van der Waals surface area contributed by atoms with E-state index in [2.05, 4.69) is 11.4 Å². The molecule has 1 aliphatic rings. The molecule has 0 saturated heterocycles. The maximum Gasteiger partial charge on any atom is 0.258 e. The molecule has 3 aromatic rings. The summed E-state index contributed by atoms with van der Waals surface area (Å²) in [5.41, 5.74) is 3.32. The zero-order chi connectivity index (χ0) is 26.7. The second-order valence-electron chi connectivity index (χ2n) is 10.9. The lowest BCUT2D eigenvalue weighted by molar-refractivity contribution is -0.142. The van der Waals surface area contributed by atoms with Crippen LogP contribution < -0.4 is 10.2 Å². The van der Waals surface area contributed by atoms with E-state index in [1.54, 1.807) is 9.80 Å². The van der Waals surface area contributed by atoms with Gasteiger partial charge in [-0.25, -0.2) is 0 Å². The predicted octanol–water partition coefficient (Wildman–Crippen LogP) is 5.61. The molecule has 194 valence electrons. The summed E-state index contributed by atoms with van der Waals surface area (Å²) in [6.45, 7) is 10.6. The van der Waals surface area contributed by atoms with Crippen molar-refractivity contribution >= 4 is 34.2 Å². The molecule has 4 rings (SSSR count). The molecular formula is C31H37N3O3. The van der Waals surface area contributed by atoms with Gasteiger partial charge in [0.1, 0.15) is 6.04 Å². The van der Waals surface area contributed by atoms with Crippen molar-refractivity contribution in [3.8, 4) is 0 Å². The summed E-state index contributed by atoms with van der Waals surface area (Å²) >= 11 is 0. The number of aryl methyl sites for hydroxylation is 1. The molecular weight excluding hydrogens is 462 g/mol. The number of benzene rings is 3. The lowest BCUT2D eigenvalue weighted by atomic mass is 10.0. The van der Waals surface area contributed by atoms with Crippen molar-refractivity contribution in [3.05, 3.63) is 77.4 Å². The van der Waals surface area contributed by atoms with Crippen LogP contribution in [0.1, 0.15) is 68.4 Å². The Kier molecular flexibility index (Phi) is 7.67. The Hall–Kier alpha value is -3.67. The van der Waals surface area contributed by atoms with Crippen LogP contribution in [0.15, 0.2) is 60.7 Å². The highest BCUT2D eigenvalue weighted by Gasteiger charge is 2.32. The van der Waals surface area contributed by atoms with Crippen LogP contribution in [0.5, 0.6) is 0 Å². The van der Waals surface area contributed by atoms with Crippen LogP contribution in [0.4, 0.5) is 5.69 Å². The van der Waals surface area contributed by atoms with E-state index in [1.807, 2.05) is 89.2 Å². The number of carbonyl (C=O) groups is 3. The van der Waals surface area contributed by atoms with Crippen LogP contribution in [0.3, 0.4) is 0 Å². The minimum Gasteiger partial charge on any atom is -0.350 e. The normalized spacial score (nSPS) is 13.6. The number of nitrogens with one attached hydrogen (secondary N) is 1. The lowest BCUT2D eigenvalue weighted by Crippen LogP contribution is -2.53. The van der Waals surface area contributed by atoms with Gasteiger partial charge in [-0.05, 0) is 63.6 Å². The van der Waals surface area contributed by atoms with Gasteiger partial charge in [-0.2, -0.15) is 0 Å². The van der Waals surface area contributed by atoms with Crippen molar-refractivity contribution in [2.75, 3.05) is 11.4 Å². The largest absolute Gasteiger partial charge is 0.350 e.